The van der Waals surface area contributed by atoms with Crippen LogP contribution in [0.4, 0.5) is 0 Å². The molecule has 4 aromatic carbocycles. The second kappa shape index (κ2) is 18.2. The van der Waals surface area contributed by atoms with Gasteiger partial charge in [0.2, 0.25) is 0 Å². The maximum Gasteiger partial charge on any atom is 0.264 e. The van der Waals surface area contributed by atoms with Crippen molar-refractivity contribution in [3.63, 3.8) is 0 Å². The van der Waals surface area contributed by atoms with Gasteiger partial charge in [-0.3, -0.25) is 4.18 Å². The third-order valence-corrected chi connectivity index (χ3v) is 8.02. The van der Waals surface area contributed by atoms with E-state index in [0.29, 0.717) is 22.3 Å². The molecule has 0 amide bonds. The minimum atomic E-state index is -3.69. The summed E-state index contributed by atoms with van der Waals surface area (Å²) in [5.41, 5.74) is 2.35. The number of benzene rings is 4. The van der Waals surface area contributed by atoms with Crippen LogP contribution in [0.2, 0.25) is 0 Å². The van der Waals surface area contributed by atoms with Gasteiger partial charge in [0.15, 0.2) is 0 Å². The topological polar surface area (TPSA) is 89.5 Å². The lowest BCUT2D eigenvalue weighted by atomic mass is 9.91. The van der Waals surface area contributed by atoms with E-state index in [1.54, 1.807) is 84.9 Å². The monoisotopic (exact) mass is 664 g/mol. The summed E-state index contributed by atoms with van der Waals surface area (Å²) in [6, 6.07) is 36.0. The van der Waals surface area contributed by atoms with Gasteiger partial charge in [0.1, 0.15) is 24.4 Å². The van der Waals surface area contributed by atoms with Crippen molar-refractivity contribution >= 4 is 10.1 Å². The third-order valence-electron chi connectivity index (χ3n) is 7.42. The van der Waals surface area contributed by atoms with Crippen LogP contribution >= 0.6 is 0 Å². The Morgan fingerprint density at radius 2 is 1.00 bits per heavy atom. The first-order chi connectivity index (χ1) is 24.6. The summed E-state index contributed by atoms with van der Waals surface area (Å²) < 4.78 is 96.3. The van der Waals surface area contributed by atoms with Gasteiger partial charge in [-0.05, 0) is 35.1 Å². The third kappa shape index (κ3) is 11.7. The highest BCUT2D eigenvalue weighted by Gasteiger charge is 2.48. The quantitative estimate of drug-likeness (QED) is 0.0882. The van der Waals surface area contributed by atoms with Crippen molar-refractivity contribution in [1.29, 1.82) is 0 Å². The first-order valence-electron chi connectivity index (χ1n) is 17.9. The summed E-state index contributed by atoms with van der Waals surface area (Å²) in [5, 5.41) is 0. The molecule has 1 aliphatic rings. The van der Waals surface area contributed by atoms with Crippen molar-refractivity contribution in [3.05, 3.63) is 144 Å². The zero-order chi connectivity index (χ0) is 36.2. The van der Waals surface area contributed by atoms with E-state index in [0.717, 1.165) is 6.26 Å². The van der Waals surface area contributed by atoms with Crippen LogP contribution in [0.3, 0.4) is 0 Å². The van der Waals surface area contributed by atoms with Crippen LogP contribution in [0.25, 0.3) is 0 Å². The van der Waals surface area contributed by atoms with Crippen LogP contribution in [0.15, 0.2) is 121 Å². The SMILES string of the molecule is [2H]C(OC[C@H]1OC(CCCOS(C)(=O)=O)[C@H](OC([2H])c2ccccc2)[C@@H](OC([2H])c2ccccc2)[C@@H]1OC([2H])c1ccccc1)c1ccccc1. The molecule has 47 heavy (non-hydrogen) atoms. The van der Waals surface area contributed by atoms with Crippen LogP contribution in [0.1, 0.15) is 40.6 Å². The molecule has 9 atom stereocenters. The summed E-state index contributed by atoms with van der Waals surface area (Å²) in [4.78, 5) is 0. The molecule has 1 saturated heterocycles. The molecular weight excluding hydrogens is 616 g/mol. The molecule has 0 aromatic heterocycles. The Labute approximate surface area is 284 Å². The minimum Gasteiger partial charge on any atom is -0.374 e. The molecule has 250 valence electrons. The van der Waals surface area contributed by atoms with Gasteiger partial charge in [-0.25, -0.2) is 0 Å². The largest absolute Gasteiger partial charge is 0.374 e. The van der Waals surface area contributed by atoms with Gasteiger partial charge in [-0.1, -0.05) is 121 Å². The standard InChI is InChI=1S/C38H44O8S/c1-47(39,40)45-24-14-23-34-36(42-26-31-17-8-3-9-18-31)38(44-28-33-21-12-5-13-22-33)37(43-27-32-19-10-4-11-20-32)35(46-34)29-41-25-30-15-6-2-7-16-30/h2-13,15-22,34-38H,14,23-29H2,1H3/t34?,35-,36+,37-,38-/m1/s1/i25D,26D,27D,28D/t25?,26?,27?,28?,34?,35-,36+,37-,38-. The molecule has 1 fully saturated rings. The van der Waals surface area contributed by atoms with E-state index in [1.807, 2.05) is 36.4 Å². The van der Waals surface area contributed by atoms with Crippen molar-refractivity contribution in [2.75, 3.05) is 19.5 Å². The van der Waals surface area contributed by atoms with Crippen molar-refractivity contribution in [2.45, 2.75) is 69.7 Å². The highest BCUT2D eigenvalue weighted by molar-refractivity contribution is 7.85. The van der Waals surface area contributed by atoms with Gasteiger partial charge in [0.05, 0.1) is 57.4 Å². The van der Waals surface area contributed by atoms with E-state index in [2.05, 4.69) is 0 Å². The highest BCUT2D eigenvalue weighted by atomic mass is 32.2. The Hall–Kier alpha value is -3.41. The number of hydrogen-bond acceptors (Lipinski definition) is 8. The predicted octanol–water partition coefficient (Wildman–Crippen LogP) is 6.48. The van der Waals surface area contributed by atoms with Crippen LogP contribution in [-0.4, -0.2) is 58.4 Å². The zero-order valence-electron chi connectivity index (χ0n) is 30.2. The molecule has 0 aliphatic carbocycles. The Balaban J connectivity index is 1.52. The Morgan fingerprint density at radius 3 is 1.45 bits per heavy atom. The number of hydrogen-bond donors (Lipinski definition) is 0. The molecule has 0 N–H and O–H groups in total. The maximum atomic E-state index is 11.7. The van der Waals surface area contributed by atoms with E-state index in [-0.39, 0.29) is 26.1 Å². The lowest BCUT2D eigenvalue weighted by Gasteiger charge is -2.46. The summed E-state index contributed by atoms with van der Waals surface area (Å²) in [6.07, 6.45) is -3.45. The molecule has 5 rings (SSSR count). The Bertz CT molecular complexity index is 1690. The first kappa shape index (κ1) is 29.7. The Morgan fingerprint density at radius 1 is 0.596 bits per heavy atom. The predicted molar refractivity (Wildman–Crippen MR) is 180 cm³/mol. The van der Waals surface area contributed by atoms with Gasteiger partial charge < -0.3 is 23.7 Å². The number of rotatable bonds is 18. The molecule has 0 radical (unpaired) electrons. The molecule has 0 spiro atoms. The lowest BCUT2D eigenvalue weighted by Crippen LogP contribution is -2.61. The van der Waals surface area contributed by atoms with Gasteiger partial charge >= 0.3 is 0 Å². The summed E-state index contributed by atoms with van der Waals surface area (Å²) >= 11 is 0. The highest BCUT2D eigenvalue weighted by Crippen LogP contribution is 2.33. The molecule has 8 nitrogen and oxygen atoms in total. The number of ether oxygens (including phenoxy) is 5. The average Bonchev–Trinajstić information content (AvgIpc) is 3.15. The van der Waals surface area contributed by atoms with Crippen LogP contribution in [0.5, 0.6) is 0 Å². The van der Waals surface area contributed by atoms with Crippen molar-refractivity contribution in [3.8, 4) is 0 Å². The fourth-order valence-corrected chi connectivity index (χ4v) is 5.59. The van der Waals surface area contributed by atoms with Gasteiger partial charge in [-0.15, -0.1) is 0 Å². The summed E-state index contributed by atoms with van der Waals surface area (Å²) in [5.74, 6) is 0. The molecule has 1 heterocycles. The average molecular weight is 665 g/mol. The van der Waals surface area contributed by atoms with E-state index in [4.69, 9.17) is 33.4 Å². The molecule has 0 bridgehead atoms. The van der Waals surface area contributed by atoms with Crippen LogP contribution < -0.4 is 0 Å². The first-order valence-corrected chi connectivity index (χ1v) is 17.4. The molecule has 0 saturated carbocycles. The second-order valence-electron chi connectivity index (χ2n) is 11.1. The van der Waals surface area contributed by atoms with Gasteiger partial charge in [0.25, 0.3) is 10.1 Å². The van der Waals surface area contributed by atoms with E-state index in [1.165, 1.54) is 0 Å². The zero-order valence-corrected chi connectivity index (χ0v) is 27.1. The molecule has 5 unspecified atom stereocenters. The maximum absolute atomic E-state index is 11.7. The normalized spacial score (nSPS) is 25.3. The van der Waals surface area contributed by atoms with Gasteiger partial charge in [-0.2, -0.15) is 8.42 Å². The summed E-state index contributed by atoms with van der Waals surface area (Å²) in [7, 11) is -3.69. The second-order valence-corrected chi connectivity index (χ2v) is 12.8. The Kier molecular flexibility index (Phi) is 11.5. The fourth-order valence-electron chi connectivity index (χ4n) is 5.17. The van der Waals surface area contributed by atoms with Gasteiger partial charge in [0, 0.05) is 0 Å². The molecule has 1 aliphatic heterocycles. The van der Waals surface area contributed by atoms with Crippen molar-refractivity contribution < 1.29 is 41.8 Å². The lowest BCUT2D eigenvalue weighted by molar-refractivity contribution is -0.273. The van der Waals surface area contributed by atoms with Crippen molar-refractivity contribution in [2.24, 2.45) is 0 Å². The molecule has 9 heteroatoms. The smallest absolute Gasteiger partial charge is 0.264 e. The van der Waals surface area contributed by atoms with Crippen molar-refractivity contribution in [1.82, 2.24) is 0 Å². The van der Waals surface area contributed by atoms with E-state index in [9.17, 15) is 8.42 Å². The van der Waals surface area contributed by atoms with Crippen LogP contribution in [-0.2, 0) is 64.3 Å². The molecule has 4 aromatic rings. The van der Waals surface area contributed by atoms with E-state index >= 15 is 0 Å². The minimum absolute atomic E-state index is 0.113. The molecular formula is C38H44O8S. The van der Waals surface area contributed by atoms with E-state index < -0.39 is 67.0 Å². The fraction of sp³-hybridized carbons (Fsp3) is 0.368. The summed E-state index contributed by atoms with van der Waals surface area (Å²) in [6.45, 7) is -4.91. The van der Waals surface area contributed by atoms with Crippen LogP contribution in [0, 0.1) is 0 Å².